The summed E-state index contributed by atoms with van der Waals surface area (Å²) in [6.45, 7) is 12.3. The zero-order chi connectivity index (χ0) is 27.7. The maximum Gasteiger partial charge on any atom is 0.415 e. The molecule has 3 rings (SSSR count). The van der Waals surface area contributed by atoms with Gasteiger partial charge in [-0.25, -0.2) is 19.0 Å². The molecule has 2 amide bonds. The lowest BCUT2D eigenvalue weighted by Crippen LogP contribution is -2.38. The van der Waals surface area contributed by atoms with E-state index in [9.17, 15) is 9.59 Å². The van der Waals surface area contributed by atoms with Crippen LogP contribution in [0.2, 0.25) is 5.15 Å². The van der Waals surface area contributed by atoms with Crippen molar-refractivity contribution in [2.75, 3.05) is 4.90 Å². The number of thiophene rings is 1. The van der Waals surface area contributed by atoms with E-state index >= 15 is 4.39 Å². The molecule has 0 bridgehead atoms. The van der Waals surface area contributed by atoms with E-state index in [1.165, 1.54) is 11.3 Å². The molecule has 1 unspecified atom stereocenters. The number of halogens is 3. The van der Waals surface area contributed by atoms with E-state index in [0.29, 0.717) is 10.2 Å². The Morgan fingerprint density at radius 2 is 1.89 bits per heavy atom. The Bertz CT molecular complexity index is 1280. The van der Waals surface area contributed by atoms with Crippen molar-refractivity contribution in [2.45, 2.75) is 78.7 Å². The van der Waals surface area contributed by atoms with Crippen molar-refractivity contribution in [3.63, 3.8) is 0 Å². The lowest BCUT2D eigenvalue weighted by atomic mass is 10.2. The van der Waals surface area contributed by atoms with Gasteiger partial charge in [-0.3, -0.25) is 4.90 Å². The summed E-state index contributed by atoms with van der Waals surface area (Å²) in [6, 6.07) is 3.26. The van der Waals surface area contributed by atoms with Crippen molar-refractivity contribution in [3.8, 4) is 0 Å². The van der Waals surface area contributed by atoms with Crippen LogP contribution in [0.25, 0.3) is 11.1 Å². The van der Waals surface area contributed by atoms with E-state index in [2.05, 4.69) is 26.2 Å². The summed E-state index contributed by atoms with van der Waals surface area (Å²) in [4.78, 5) is 31.5. The summed E-state index contributed by atoms with van der Waals surface area (Å²) in [7, 11) is 0. The van der Waals surface area contributed by atoms with Crippen LogP contribution in [-0.4, -0.2) is 34.4 Å². The summed E-state index contributed by atoms with van der Waals surface area (Å²) in [5.74, 6) is -0.529. The number of anilines is 1. The average Bonchev–Trinajstić information content (AvgIpc) is 3.34. The molecule has 0 aliphatic carbocycles. The molecule has 0 aromatic carbocycles. The summed E-state index contributed by atoms with van der Waals surface area (Å²) in [5.41, 5.74) is -1.40. The first-order valence-corrected chi connectivity index (χ1v) is 13.6. The molecule has 37 heavy (non-hydrogen) atoms. The minimum atomic E-state index is -0.913. The summed E-state index contributed by atoms with van der Waals surface area (Å²) in [5, 5.41) is 4.18. The van der Waals surface area contributed by atoms with Gasteiger partial charge in [0, 0.05) is 17.3 Å². The van der Waals surface area contributed by atoms with E-state index in [1.54, 1.807) is 48.5 Å². The maximum atomic E-state index is 15.5. The number of furan rings is 1. The fourth-order valence-corrected chi connectivity index (χ4v) is 4.75. The zero-order valence-electron chi connectivity index (χ0n) is 21.7. The van der Waals surface area contributed by atoms with Gasteiger partial charge in [0.05, 0.1) is 11.0 Å². The van der Waals surface area contributed by atoms with Gasteiger partial charge in [-0.15, -0.1) is 11.3 Å². The molecule has 3 heterocycles. The van der Waals surface area contributed by atoms with Crippen molar-refractivity contribution < 1.29 is 27.9 Å². The monoisotopic (exact) mass is 617 g/mol. The van der Waals surface area contributed by atoms with Crippen molar-refractivity contribution >= 4 is 67.8 Å². The Kier molecular flexibility index (Phi) is 8.81. The highest BCUT2D eigenvalue weighted by molar-refractivity contribution is 9.10. The molecular weight excluding hydrogens is 589 g/mol. The fraction of sp³-hybridized carbons (Fsp3) is 0.480. The Morgan fingerprint density at radius 1 is 1.24 bits per heavy atom. The molecule has 1 N–H and O–H groups in total. The van der Waals surface area contributed by atoms with E-state index < -0.39 is 40.4 Å². The Hall–Kier alpha value is -2.37. The standard InChI is InChI=1S/C25H30BrClFN3O5S/c1-13(29-22(32)35-24(2,3)4)11-15-16(26)18-20(34-15)19(17(28)21(27)30-18)31(12-14-9-8-10-37-14)23(33)36-25(5,6)7/h8-10,13H,11-12H2,1-7H3,(H,29,32). The van der Waals surface area contributed by atoms with Gasteiger partial charge in [0.1, 0.15) is 28.2 Å². The smallest absolute Gasteiger partial charge is 0.415 e. The molecule has 202 valence electrons. The SMILES string of the molecule is CC(Cc1oc2c(N(Cc3cccs3)C(=O)OC(C)(C)C)c(F)c(Cl)nc2c1Br)NC(=O)OC(C)(C)C. The molecule has 0 aliphatic heterocycles. The number of carbonyl (C=O) groups is 2. The molecule has 0 aliphatic rings. The number of nitrogens with zero attached hydrogens (tertiary/aromatic N) is 2. The Labute approximate surface area is 232 Å². The predicted molar refractivity (Wildman–Crippen MR) is 146 cm³/mol. The average molecular weight is 619 g/mol. The predicted octanol–water partition coefficient (Wildman–Crippen LogP) is 7.84. The number of nitrogens with one attached hydrogen (secondary N) is 1. The molecule has 8 nitrogen and oxygen atoms in total. The van der Waals surface area contributed by atoms with Crippen LogP contribution in [0.3, 0.4) is 0 Å². The van der Waals surface area contributed by atoms with Crippen LogP contribution in [0, 0.1) is 5.82 Å². The minimum Gasteiger partial charge on any atom is -0.456 e. The molecule has 0 radical (unpaired) electrons. The molecule has 1 atom stereocenters. The first kappa shape index (κ1) is 29.2. The summed E-state index contributed by atoms with van der Waals surface area (Å²) in [6.07, 6.45) is -1.11. The maximum absolute atomic E-state index is 15.5. The van der Waals surface area contributed by atoms with Crippen LogP contribution in [0.1, 0.15) is 59.1 Å². The number of hydrogen-bond donors (Lipinski definition) is 1. The lowest BCUT2D eigenvalue weighted by Gasteiger charge is -2.27. The van der Waals surface area contributed by atoms with Crippen LogP contribution in [0.5, 0.6) is 0 Å². The molecule has 0 fully saturated rings. The van der Waals surface area contributed by atoms with Gasteiger partial charge in [-0.2, -0.15) is 0 Å². The third-order valence-electron chi connectivity index (χ3n) is 4.74. The van der Waals surface area contributed by atoms with Gasteiger partial charge < -0.3 is 19.2 Å². The van der Waals surface area contributed by atoms with Crippen molar-refractivity contribution in [1.82, 2.24) is 10.3 Å². The molecule has 3 aromatic rings. The van der Waals surface area contributed by atoms with Crippen molar-refractivity contribution in [3.05, 3.63) is 43.6 Å². The Balaban J connectivity index is 2.04. The second kappa shape index (κ2) is 11.2. The molecule has 0 saturated carbocycles. The number of amides is 2. The van der Waals surface area contributed by atoms with Gasteiger partial charge >= 0.3 is 12.2 Å². The first-order valence-electron chi connectivity index (χ1n) is 11.5. The Morgan fingerprint density at radius 3 is 2.46 bits per heavy atom. The van der Waals surface area contributed by atoms with Crippen molar-refractivity contribution in [2.24, 2.45) is 0 Å². The zero-order valence-corrected chi connectivity index (χ0v) is 24.9. The van der Waals surface area contributed by atoms with E-state index in [4.69, 9.17) is 25.5 Å². The number of alkyl carbamates (subject to hydrolysis) is 1. The second-order valence-electron chi connectivity index (χ2n) is 10.5. The van der Waals surface area contributed by atoms with Gasteiger partial charge in [0.15, 0.2) is 16.6 Å². The third-order valence-corrected chi connectivity index (χ3v) is 6.67. The first-order chi connectivity index (χ1) is 17.1. The summed E-state index contributed by atoms with van der Waals surface area (Å²) >= 11 is 11.1. The van der Waals surface area contributed by atoms with E-state index in [1.807, 2.05) is 17.5 Å². The largest absolute Gasteiger partial charge is 0.456 e. The quantitative estimate of drug-likeness (QED) is 0.283. The number of rotatable bonds is 6. The van der Waals surface area contributed by atoms with E-state index in [0.717, 1.165) is 9.78 Å². The summed E-state index contributed by atoms with van der Waals surface area (Å²) < 4.78 is 32.9. The highest BCUT2D eigenvalue weighted by Crippen LogP contribution is 2.41. The number of hydrogen-bond acceptors (Lipinski definition) is 7. The molecule has 12 heteroatoms. The molecule has 3 aromatic heterocycles. The van der Waals surface area contributed by atoms with Crippen LogP contribution in [-0.2, 0) is 22.4 Å². The number of pyridine rings is 1. The highest BCUT2D eigenvalue weighted by atomic mass is 79.9. The van der Waals surface area contributed by atoms with Crippen LogP contribution in [0.4, 0.5) is 19.7 Å². The molecule has 0 saturated heterocycles. The second-order valence-corrected chi connectivity index (χ2v) is 12.7. The van der Waals surface area contributed by atoms with Gasteiger partial charge in [-0.1, -0.05) is 17.7 Å². The normalized spacial score (nSPS) is 12.9. The van der Waals surface area contributed by atoms with Gasteiger partial charge in [-0.05, 0) is 75.8 Å². The number of aromatic nitrogens is 1. The lowest BCUT2D eigenvalue weighted by molar-refractivity contribution is 0.0505. The van der Waals surface area contributed by atoms with E-state index in [-0.39, 0.29) is 29.8 Å². The minimum absolute atomic E-state index is 0.0238. The van der Waals surface area contributed by atoms with Gasteiger partial charge in [0.25, 0.3) is 0 Å². The van der Waals surface area contributed by atoms with Gasteiger partial charge in [0.2, 0.25) is 0 Å². The number of carbonyl (C=O) groups excluding carboxylic acids is 2. The topological polar surface area (TPSA) is 93.9 Å². The fourth-order valence-electron chi connectivity index (χ4n) is 3.37. The molecule has 0 spiro atoms. The number of fused-ring (bicyclic) bond motifs is 1. The van der Waals surface area contributed by atoms with Crippen LogP contribution in [0.15, 0.2) is 26.4 Å². The highest BCUT2D eigenvalue weighted by Gasteiger charge is 2.32. The third kappa shape index (κ3) is 7.58. The van der Waals surface area contributed by atoms with Crippen LogP contribution < -0.4 is 10.2 Å². The number of ether oxygens (including phenoxy) is 2. The molecular formula is C25H30BrClFN3O5S. The van der Waals surface area contributed by atoms with Crippen LogP contribution >= 0.6 is 38.9 Å². The van der Waals surface area contributed by atoms with Crippen molar-refractivity contribution in [1.29, 1.82) is 0 Å².